The second kappa shape index (κ2) is 6.14. The molecule has 1 saturated heterocycles. The summed E-state index contributed by atoms with van der Waals surface area (Å²) in [6.45, 7) is 4.80. The molecule has 0 aliphatic carbocycles. The van der Waals surface area contributed by atoms with Gasteiger partial charge in [-0.2, -0.15) is 5.10 Å². The van der Waals surface area contributed by atoms with Crippen molar-refractivity contribution in [2.45, 2.75) is 26.7 Å². The SMILES string of the molecule is Cc1ccc(C)n1-c1c(C(=O)N2CCC[C@H](C(=O)O)C2)cnn1C. The van der Waals surface area contributed by atoms with Crippen LogP contribution in [0.2, 0.25) is 0 Å². The molecule has 0 spiro atoms. The molecular formula is C17H22N4O3. The van der Waals surface area contributed by atoms with Crippen LogP contribution in [0.25, 0.3) is 5.82 Å². The normalized spacial score (nSPS) is 18.0. The predicted molar refractivity (Wildman–Crippen MR) is 88.3 cm³/mol. The van der Waals surface area contributed by atoms with E-state index in [1.807, 2.05) is 30.5 Å². The van der Waals surface area contributed by atoms with Crippen LogP contribution >= 0.6 is 0 Å². The predicted octanol–water partition coefficient (Wildman–Crippen LogP) is 1.76. The number of carboxylic acids is 1. The molecule has 2 aromatic rings. The van der Waals surface area contributed by atoms with Gasteiger partial charge < -0.3 is 14.6 Å². The molecule has 7 heteroatoms. The standard InChI is InChI=1S/C17H22N4O3/c1-11-6-7-12(2)21(11)15-14(9-18-19(15)3)16(22)20-8-4-5-13(10-20)17(23)24/h6-7,9,13H,4-5,8,10H2,1-3H3,(H,23,24)/t13-/m0/s1. The Balaban J connectivity index is 1.96. The maximum atomic E-state index is 13.0. The largest absolute Gasteiger partial charge is 0.481 e. The lowest BCUT2D eigenvalue weighted by Crippen LogP contribution is -2.42. The lowest BCUT2D eigenvalue weighted by molar-refractivity contribution is -0.143. The van der Waals surface area contributed by atoms with E-state index >= 15 is 0 Å². The van der Waals surface area contributed by atoms with Gasteiger partial charge in [-0.25, -0.2) is 0 Å². The molecule has 1 atom stereocenters. The first-order chi connectivity index (χ1) is 11.4. The fraction of sp³-hybridized carbons (Fsp3) is 0.471. The molecule has 1 fully saturated rings. The highest BCUT2D eigenvalue weighted by molar-refractivity contribution is 5.97. The highest BCUT2D eigenvalue weighted by Gasteiger charge is 2.31. The summed E-state index contributed by atoms with van der Waals surface area (Å²) in [5, 5.41) is 13.5. The lowest BCUT2D eigenvalue weighted by Gasteiger charge is -2.30. The zero-order chi connectivity index (χ0) is 17.4. The minimum absolute atomic E-state index is 0.156. The third-order valence-electron chi connectivity index (χ3n) is 4.68. The molecule has 3 rings (SSSR count). The summed E-state index contributed by atoms with van der Waals surface area (Å²) >= 11 is 0. The molecule has 1 aliphatic heterocycles. The first-order valence-electron chi connectivity index (χ1n) is 8.09. The van der Waals surface area contributed by atoms with Crippen LogP contribution in [0.15, 0.2) is 18.3 Å². The number of carboxylic acid groups (broad SMARTS) is 1. The van der Waals surface area contributed by atoms with E-state index in [1.54, 1.807) is 22.8 Å². The van der Waals surface area contributed by atoms with Crippen molar-refractivity contribution >= 4 is 11.9 Å². The molecule has 2 aromatic heterocycles. The van der Waals surface area contributed by atoms with Gasteiger partial charge in [-0.15, -0.1) is 0 Å². The van der Waals surface area contributed by atoms with Crippen molar-refractivity contribution in [2.24, 2.45) is 13.0 Å². The maximum absolute atomic E-state index is 13.0. The number of nitrogens with zero attached hydrogens (tertiary/aromatic N) is 4. The van der Waals surface area contributed by atoms with E-state index in [9.17, 15) is 14.7 Å². The smallest absolute Gasteiger partial charge is 0.308 e. The summed E-state index contributed by atoms with van der Waals surface area (Å²) in [5.74, 6) is -0.761. The van der Waals surface area contributed by atoms with Gasteiger partial charge in [0.15, 0.2) is 0 Å². The molecule has 0 radical (unpaired) electrons. The Labute approximate surface area is 140 Å². The van der Waals surface area contributed by atoms with Gasteiger partial charge in [0.05, 0.1) is 12.1 Å². The highest BCUT2D eigenvalue weighted by atomic mass is 16.4. The van der Waals surface area contributed by atoms with Crippen LogP contribution in [0.3, 0.4) is 0 Å². The summed E-state index contributed by atoms with van der Waals surface area (Å²) in [4.78, 5) is 25.9. The molecule has 0 saturated carbocycles. The van der Waals surface area contributed by atoms with E-state index in [-0.39, 0.29) is 12.5 Å². The second-order valence-electron chi connectivity index (χ2n) is 6.39. The van der Waals surface area contributed by atoms with Gasteiger partial charge in [-0.05, 0) is 38.8 Å². The Hall–Kier alpha value is -2.57. The van der Waals surface area contributed by atoms with Gasteiger partial charge in [-0.3, -0.25) is 14.3 Å². The van der Waals surface area contributed by atoms with E-state index in [2.05, 4.69) is 5.10 Å². The number of rotatable bonds is 3. The fourth-order valence-corrected chi connectivity index (χ4v) is 3.38. The number of amides is 1. The zero-order valence-corrected chi connectivity index (χ0v) is 14.2. The third-order valence-corrected chi connectivity index (χ3v) is 4.68. The van der Waals surface area contributed by atoms with E-state index in [0.29, 0.717) is 24.9 Å². The van der Waals surface area contributed by atoms with Crippen LogP contribution in [0.4, 0.5) is 0 Å². The van der Waals surface area contributed by atoms with Crippen molar-refractivity contribution in [3.05, 3.63) is 35.3 Å². The topological polar surface area (TPSA) is 80.4 Å². The summed E-state index contributed by atoms with van der Waals surface area (Å²) in [5.41, 5.74) is 2.55. The number of piperidine rings is 1. The van der Waals surface area contributed by atoms with E-state index in [1.165, 1.54) is 0 Å². The van der Waals surface area contributed by atoms with E-state index in [4.69, 9.17) is 0 Å². The maximum Gasteiger partial charge on any atom is 0.308 e. The molecule has 1 amide bonds. The number of aromatic nitrogens is 3. The number of aryl methyl sites for hydroxylation is 3. The van der Waals surface area contributed by atoms with Crippen molar-refractivity contribution in [2.75, 3.05) is 13.1 Å². The third kappa shape index (κ3) is 2.70. The first-order valence-corrected chi connectivity index (χ1v) is 8.09. The minimum atomic E-state index is -0.837. The molecule has 0 bridgehead atoms. The number of hydrogen-bond donors (Lipinski definition) is 1. The Morgan fingerprint density at radius 2 is 1.92 bits per heavy atom. The van der Waals surface area contributed by atoms with Gasteiger partial charge >= 0.3 is 5.97 Å². The minimum Gasteiger partial charge on any atom is -0.481 e. The summed E-state index contributed by atoms with van der Waals surface area (Å²) < 4.78 is 3.69. The average Bonchev–Trinajstić information content (AvgIpc) is 3.09. The molecular weight excluding hydrogens is 308 g/mol. The van der Waals surface area contributed by atoms with Crippen LogP contribution in [0, 0.1) is 19.8 Å². The Morgan fingerprint density at radius 1 is 1.25 bits per heavy atom. The van der Waals surface area contributed by atoms with Gasteiger partial charge in [0.2, 0.25) is 0 Å². The molecule has 0 aromatic carbocycles. The number of carbonyl (C=O) groups is 2. The number of likely N-dealkylation sites (tertiary alicyclic amines) is 1. The quantitative estimate of drug-likeness (QED) is 0.930. The molecule has 7 nitrogen and oxygen atoms in total. The lowest BCUT2D eigenvalue weighted by atomic mass is 9.98. The van der Waals surface area contributed by atoms with E-state index in [0.717, 1.165) is 17.2 Å². The van der Waals surface area contributed by atoms with Gasteiger partial charge in [-0.1, -0.05) is 0 Å². The van der Waals surface area contributed by atoms with Crippen LogP contribution in [-0.4, -0.2) is 49.3 Å². The molecule has 1 aliphatic rings. The molecule has 0 unspecified atom stereocenters. The molecule has 128 valence electrons. The van der Waals surface area contributed by atoms with Gasteiger partial charge in [0, 0.05) is 31.5 Å². The fourth-order valence-electron chi connectivity index (χ4n) is 3.38. The zero-order valence-electron chi connectivity index (χ0n) is 14.2. The average molecular weight is 330 g/mol. The number of hydrogen-bond acceptors (Lipinski definition) is 3. The summed E-state index contributed by atoms with van der Waals surface area (Å²) in [6.07, 6.45) is 2.90. The van der Waals surface area contributed by atoms with E-state index < -0.39 is 11.9 Å². The van der Waals surface area contributed by atoms with Crippen LogP contribution < -0.4 is 0 Å². The van der Waals surface area contributed by atoms with Crippen molar-refractivity contribution in [3.63, 3.8) is 0 Å². The van der Waals surface area contributed by atoms with Gasteiger partial charge in [0.1, 0.15) is 11.4 Å². The van der Waals surface area contributed by atoms with Crippen molar-refractivity contribution in [1.29, 1.82) is 0 Å². The second-order valence-corrected chi connectivity index (χ2v) is 6.39. The monoisotopic (exact) mass is 330 g/mol. The first kappa shape index (κ1) is 16.3. The Bertz CT molecular complexity index is 770. The molecule has 1 N–H and O–H groups in total. The van der Waals surface area contributed by atoms with Crippen LogP contribution in [0.1, 0.15) is 34.6 Å². The number of carbonyl (C=O) groups excluding carboxylic acids is 1. The number of aliphatic carboxylic acids is 1. The molecule has 3 heterocycles. The van der Waals surface area contributed by atoms with Gasteiger partial charge in [0.25, 0.3) is 5.91 Å². The van der Waals surface area contributed by atoms with Crippen molar-refractivity contribution < 1.29 is 14.7 Å². The summed E-state index contributed by atoms with van der Waals surface area (Å²) in [6, 6.07) is 4.00. The Kier molecular flexibility index (Phi) is 4.17. The molecule has 24 heavy (non-hydrogen) atoms. The van der Waals surface area contributed by atoms with Crippen molar-refractivity contribution in [3.8, 4) is 5.82 Å². The van der Waals surface area contributed by atoms with Crippen molar-refractivity contribution in [1.82, 2.24) is 19.2 Å². The Morgan fingerprint density at radius 3 is 2.54 bits per heavy atom. The van der Waals surface area contributed by atoms with Crippen LogP contribution in [-0.2, 0) is 11.8 Å². The summed E-state index contributed by atoms with van der Waals surface area (Å²) in [7, 11) is 1.81. The highest BCUT2D eigenvalue weighted by Crippen LogP contribution is 2.24. The van der Waals surface area contributed by atoms with Crippen LogP contribution in [0.5, 0.6) is 0 Å².